The van der Waals surface area contributed by atoms with Gasteiger partial charge in [-0.3, -0.25) is 9.36 Å². The number of hydrogen-bond acceptors (Lipinski definition) is 4. The number of aromatic nitrogens is 2. The summed E-state index contributed by atoms with van der Waals surface area (Å²) in [5.74, 6) is 0.447. The average Bonchev–Trinajstić information content (AvgIpc) is 3.54. The summed E-state index contributed by atoms with van der Waals surface area (Å²) in [4.78, 5) is 17.5. The van der Waals surface area contributed by atoms with Crippen molar-refractivity contribution in [3.05, 3.63) is 66.2 Å². The third kappa shape index (κ3) is 3.61. The van der Waals surface area contributed by atoms with Crippen LogP contribution in [0.1, 0.15) is 45.1 Å². The summed E-state index contributed by atoms with van der Waals surface area (Å²) >= 11 is 1.45. The minimum absolute atomic E-state index is 0.229. The molecule has 158 valence electrons. The van der Waals surface area contributed by atoms with Crippen LogP contribution in [0.15, 0.2) is 65.8 Å². The van der Waals surface area contributed by atoms with Gasteiger partial charge in [-0.05, 0) is 68.7 Å². The van der Waals surface area contributed by atoms with Gasteiger partial charge in [0, 0.05) is 5.39 Å². The van der Waals surface area contributed by atoms with Gasteiger partial charge >= 0.3 is 5.97 Å². The van der Waals surface area contributed by atoms with E-state index in [1.165, 1.54) is 40.9 Å². The number of imidazole rings is 1. The highest BCUT2D eigenvalue weighted by molar-refractivity contribution is 8.01. The average molecular weight is 431 g/mol. The monoisotopic (exact) mass is 430 g/mol. The lowest BCUT2D eigenvalue weighted by Gasteiger charge is -2.22. The first-order valence-electron chi connectivity index (χ1n) is 10.9. The number of ether oxygens (including phenoxy) is 1. The van der Waals surface area contributed by atoms with Gasteiger partial charge in [-0.25, -0.2) is 4.98 Å². The molecular formula is C26H26N2O2S. The van der Waals surface area contributed by atoms with Crippen molar-refractivity contribution >= 4 is 39.5 Å². The zero-order valence-corrected chi connectivity index (χ0v) is 18.9. The van der Waals surface area contributed by atoms with E-state index in [2.05, 4.69) is 47.0 Å². The quantitative estimate of drug-likeness (QED) is 0.259. The fourth-order valence-electron chi connectivity index (χ4n) is 4.13. The predicted molar refractivity (Wildman–Crippen MR) is 127 cm³/mol. The molecule has 1 fully saturated rings. The van der Waals surface area contributed by atoms with Crippen molar-refractivity contribution in [1.82, 2.24) is 9.55 Å². The van der Waals surface area contributed by atoms with E-state index < -0.39 is 4.75 Å². The van der Waals surface area contributed by atoms with Crippen molar-refractivity contribution in [2.75, 3.05) is 6.61 Å². The molecule has 1 aliphatic rings. The SMILES string of the molecule is CCOC(=O)C(C)(C)Sc1nc2ccccc2n1-c1ccc(C2CC2)c2ccccc12. The maximum Gasteiger partial charge on any atom is 0.322 e. The number of fused-ring (bicyclic) bond motifs is 2. The molecule has 0 spiro atoms. The summed E-state index contributed by atoms with van der Waals surface area (Å²) in [6, 6.07) is 21.3. The molecule has 0 saturated heterocycles. The first kappa shape index (κ1) is 20.1. The lowest BCUT2D eigenvalue weighted by atomic mass is 9.99. The van der Waals surface area contributed by atoms with Crippen LogP contribution < -0.4 is 0 Å². The summed E-state index contributed by atoms with van der Waals surface area (Å²) in [6.45, 7) is 6.00. The summed E-state index contributed by atoms with van der Waals surface area (Å²) in [5, 5.41) is 3.32. The van der Waals surface area contributed by atoms with Crippen molar-refractivity contribution in [3.8, 4) is 5.69 Å². The highest BCUT2D eigenvalue weighted by atomic mass is 32.2. The minimum Gasteiger partial charge on any atom is -0.465 e. The van der Waals surface area contributed by atoms with Crippen LogP contribution in [0.25, 0.3) is 27.5 Å². The third-order valence-corrected chi connectivity index (χ3v) is 6.97. The topological polar surface area (TPSA) is 44.1 Å². The molecule has 1 saturated carbocycles. The molecule has 0 radical (unpaired) electrons. The molecule has 0 atom stereocenters. The Balaban J connectivity index is 1.71. The van der Waals surface area contributed by atoms with Gasteiger partial charge in [-0.15, -0.1) is 0 Å². The zero-order chi connectivity index (χ0) is 21.6. The van der Waals surface area contributed by atoms with Crippen LogP contribution >= 0.6 is 11.8 Å². The van der Waals surface area contributed by atoms with E-state index in [4.69, 9.17) is 9.72 Å². The van der Waals surface area contributed by atoms with E-state index >= 15 is 0 Å². The first-order valence-corrected chi connectivity index (χ1v) is 11.7. The Bertz CT molecular complexity index is 1290. The molecule has 0 bridgehead atoms. The number of nitrogens with zero attached hydrogens (tertiary/aromatic N) is 2. The molecule has 4 aromatic rings. The van der Waals surface area contributed by atoms with E-state index in [-0.39, 0.29) is 5.97 Å². The molecule has 31 heavy (non-hydrogen) atoms. The largest absolute Gasteiger partial charge is 0.465 e. The smallest absolute Gasteiger partial charge is 0.322 e. The molecule has 1 heterocycles. The number of rotatable bonds is 6. The fourth-order valence-corrected chi connectivity index (χ4v) is 5.16. The number of thioether (sulfide) groups is 1. The van der Waals surface area contributed by atoms with Gasteiger partial charge < -0.3 is 4.74 Å². The summed E-state index contributed by atoms with van der Waals surface area (Å²) in [5.41, 5.74) is 4.48. The standard InChI is InChI=1S/C26H26N2O2S/c1-4-30-24(29)26(2,3)31-25-27-21-11-7-8-12-23(21)28(25)22-16-15-18(17-13-14-17)19-9-5-6-10-20(19)22/h5-12,15-17H,4,13-14H2,1-3H3. The van der Waals surface area contributed by atoms with Crippen molar-refractivity contribution in [3.63, 3.8) is 0 Å². The second-order valence-electron chi connectivity index (χ2n) is 8.55. The Morgan fingerprint density at radius 1 is 1.06 bits per heavy atom. The van der Waals surface area contributed by atoms with Crippen molar-refractivity contribution < 1.29 is 9.53 Å². The Morgan fingerprint density at radius 2 is 1.77 bits per heavy atom. The maximum atomic E-state index is 12.6. The first-order chi connectivity index (χ1) is 15.0. The normalized spacial score (nSPS) is 14.3. The highest BCUT2D eigenvalue weighted by Gasteiger charge is 2.33. The molecule has 5 rings (SSSR count). The molecule has 4 nitrogen and oxygen atoms in total. The molecule has 0 unspecified atom stereocenters. The van der Waals surface area contributed by atoms with Gasteiger partial charge in [-0.2, -0.15) is 0 Å². The van der Waals surface area contributed by atoms with Crippen LogP contribution in [0.5, 0.6) is 0 Å². The van der Waals surface area contributed by atoms with Crippen molar-refractivity contribution in [2.24, 2.45) is 0 Å². The van der Waals surface area contributed by atoms with E-state index in [9.17, 15) is 4.79 Å². The van der Waals surface area contributed by atoms with Crippen LogP contribution in [-0.4, -0.2) is 26.9 Å². The lowest BCUT2D eigenvalue weighted by molar-refractivity contribution is -0.145. The van der Waals surface area contributed by atoms with Crippen LogP contribution in [0, 0.1) is 0 Å². The molecule has 1 aromatic heterocycles. The Labute approximate surface area is 186 Å². The molecule has 0 aliphatic heterocycles. The van der Waals surface area contributed by atoms with Crippen LogP contribution in [0.2, 0.25) is 0 Å². The minimum atomic E-state index is -0.751. The zero-order valence-electron chi connectivity index (χ0n) is 18.1. The number of benzene rings is 3. The molecule has 0 amide bonds. The van der Waals surface area contributed by atoms with Crippen LogP contribution in [0.3, 0.4) is 0 Å². The van der Waals surface area contributed by atoms with Crippen LogP contribution in [0.4, 0.5) is 0 Å². The summed E-state index contributed by atoms with van der Waals surface area (Å²) in [6.07, 6.45) is 2.54. The van der Waals surface area contributed by atoms with Crippen molar-refractivity contribution in [2.45, 2.75) is 49.4 Å². The Morgan fingerprint density at radius 3 is 2.52 bits per heavy atom. The van der Waals surface area contributed by atoms with E-state index in [0.717, 1.165) is 21.9 Å². The molecule has 1 aliphatic carbocycles. The number of para-hydroxylation sites is 2. The van der Waals surface area contributed by atoms with Crippen LogP contribution in [-0.2, 0) is 9.53 Å². The second-order valence-corrected chi connectivity index (χ2v) is 10.1. The second kappa shape index (κ2) is 7.72. The number of carbonyl (C=O) groups excluding carboxylic acids is 1. The van der Waals surface area contributed by atoms with Gasteiger partial charge in [0.15, 0.2) is 5.16 Å². The summed E-state index contributed by atoms with van der Waals surface area (Å²) in [7, 11) is 0. The fraction of sp³-hybridized carbons (Fsp3) is 0.308. The Hall–Kier alpha value is -2.79. The van der Waals surface area contributed by atoms with E-state index in [0.29, 0.717) is 12.5 Å². The number of hydrogen-bond donors (Lipinski definition) is 0. The highest BCUT2D eigenvalue weighted by Crippen LogP contribution is 2.45. The van der Waals surface area contributed by atoms with Gasteiger partial charge in [-0.1, -0.05) is 54.2 Å². The van der Waals surface area contributed by atoms with E-state index in [1.54, 1.807) is 0 Å². The number of esters is 1. The van der Waals surface area contributed by atoms with E-state index in [1.807, 2.05) is 39.0 Å². The Kier molecular flexibility index (Phi) is 5.01. The third-order valence-electron chi connectivity index (χ3n) is 5.84. The van der Waals surface area contributed by atoms with Gasteiger partial charge in [0.1, 0.15) is 4.75 Å². The predicted octanol–water partition coefficient (Wildman–Crippen LogP) is 6.49. The molecule has 3 aromatic carbocycles. The van der Waals surface area contributed by atoms with Crippen molar-refractivity contribution in [1.29, 1.82) is 0 Å². The van der Waals surface area contributed by atoms with Gasteiger partial charge in [0.2, 0.25) is 0 Å². The number of carbonyl (C=O) groups is 1. The summed E-state index contributed by atoms with van der Waals surface area (Å²) < 4.78 is 6.76. The molecule has 5 heteroatoms. The molecule has 0 N–H and O–H groups in total. The lowest BCUT2D eigenvalue weighted by Crippen LogP contribution is -2.30. The van der Waals surface area contributed by atoms with Gasteiger partial charge in [0.25, 0.3) is 0 Å². The molecular weight excluding hydrogens is 404 g/mol. The maximum absolute atomic E-state index is 12.6. The van der Waals surface area contributed by atoms with Gasteiger partial charge in [0.05, 0.1) is 23.3 Å².